The van der Waals surface area contributed by atoms with Crippen molar-refractivity contribution in [1.82, 2.24) is 0 Å². The summed E-state index contributed by atoms with van der Waals surface area (Å²) in [5.41, 5.74) is 2.48. The summed E-state index contributed by atoms with van der Waals surface area (Å²) < 4.78 is 17.7. The predicted molar refractivity (Wildman–Crippen MR) is 112 cm³/mol. The number of benzene rings is 1. The van der Waals surface area contributed by atoms with Crippen molar-refractivity contribution in [3.05, 3.63) is 35.4 Å². The first-order chi connectivity index (χ1) is 12.8. The summed E-state index contributed by atoms with van der Waals surface area (Å²) >= 11 is 0. The van der Waals surface area contributed by atoms with Gasteiger partial charge in [-0.1, -0.05) is 49.6 Å². The van der Waals surface area contributed by atoms with Crippen LogP contribution in [0.3, 0.4) is 0 Å². The first-order valence-corrected chi connectivity index (χ1v) is 11.2. The third kappa shape index (κ3) is 13.3. The van der Waals surface area contributed by atoms with Crippen LogP contribution in [0.1, 0.15) is 50.2 Å². The molecule has 27 heavy (non-hydrogen) atoms. The third-order valence-electron chi connectivity index (χ3n) is 4.32. The van der Waals surface area contributed by atoms with Crippen molar-refractivity contribution in [3.63, 3.8) is 0 Å². The van der Waals surface area contributed by atoms with Crippen molar-refractivity contribution >= 4 is 8.60 Å². The molecule has 0 aliphatic rings. The Morgan fingerprint density at radius 1 is 1.00 bits per heavy atom. The van der Waals surface area contributed by atoms with Crippen LogP contribution >= 0.6 is 8.60 Å². The van der Waals surface area contributed by atoms with Gasteiger partial charge in [0.25, 0.3) is 0 Å². The van der Waals surface area contributed by atoms with E-state index in [-0.39, 0.29) is 6.10 Å². The molecule has 0 amide bonds. The molecule has 1 aromatic carbocycles. The zero-order chi connectivity index (χ0) is 20.1. The number of likely N-dealkylation sites (N-methyl/N-ethyl adjacent to an activating group) is 1. The Bertz CT molecular complexity index is 490. The minimum atomic E-state index is -1.77. The van der Waals surface area contributed by atoms with Gasteiger partial charge in [-0.05, 0) is 31.7 Å². The SMILES string of the molecule is CCCCC(CCCOP(O)OCC[N+](C)(C)C)OCc1ccc(C)cc1. The highest BCUT2D eigenvalue weighted by Crippen LogP contribution is 2.32. The molecule has 0 heterocycles. The van der Waals surface area contributed by atoms with Crippen LogP contribution in [0.5, 0.6) is 0 Å². The summed E-state index contributed by atoms with van der Waals surface area (Å²) in [5.74, 6) is 0. The molecular formula is C21H39NO4P+. The van der Waals surface area contributed by atoms with Crippen molar-refractivity contribution in [3.8, 4) is 0 Å². The van der Waals surface area contributed by atoms with Crippen LogP contribution in [0.2, 0.25) is 0 Å². The van der Waals surface area contributed by atoms with E-state index in [4.69, 9.17) is 13.8 Å². The Labute approximate surface area is 167 Å². The quantitative estimate of drug-likeness (QED) is 0.261. The maximum Gasteiger partial charge on any atom is 0.330 e. The standard InChI is InChI=1S/C21H39NO4P/c1-6-7-9-21(24-18-20-13-11-19(2)12-14-20)10-8-16-25-27(23)26-17-15-22(3,4)5/h11-14,21,23H,6-10,15-18H2,1-5H3/q+1. The molecule has 156 valence electrons. The Hall–Kier alpha value is -0.550. The molecule has 2 unspecified atom stereocenters. The lowest BCUT2D eigenvalue weighted by atomic mass is 10.1. The molecule has 0 radical (unpaired) electrons. The van der Waals surface area contributed by atoms with Crippen LogP contribution in [0.4, 0.5) is 0 Å². The van der Waals surface area contributed by atoms with E-state index in [1.807, 2.05) is 0 Å². The van der Waals surface area contributed by atoms with Crippen molar-refractivity contribution in [2.24, 2.45) is 0 Å². The fourth-order valence-electron chi connectivity index (χ4n) is 2.52. The van der Waals surface area contributed by atoms with E-state index in [2.05, 4.69) is 59.3 Å². The summed E-state index contributed by atoms with van der Waals surface area (Å²) in [6.45, 7) is 6.79. The van der Waals surface area contributed by atoms with E-state index in [9.17, 15) is 4.89 Å². The van der Waals surface area contributed by atoms with Crippen LogP contribution in [-0.4, -0.2) is 56.4 Å². The number of quaternary nitrogens is 1. The maximum atomic E-state index is 9.81. The lowest BCUT2D eigenvalue weighted by Crippen LogP contribution is -2.37. The maximum absolute atomic E-state index is 9.81. The second kappa shape index (κ2) is 13.6. The van der Waals surface area contributed by atoms with Crippen LogP contribution in [-0.2, 0) is 20.4 Å². The number of hydrogen-bond acceptors (Lipinski definition) is 4. The van der Waals surface area contributed by atoms with Gasteiger partial charge >= 0.3 is 8.60 Å². The second-order valence-electron chi connectivity index (χ2n) is 8.12. The van der Waals surface area contributed by atoms with Gasteiger partial charge in [0.1, 0.15) is 13.2 Å². The molecule has 0 aliphatic carbocycles. The highest BCUT2D eigenvalue weighted by molar-refractivity contribution is 7.40. The van der Waals surface area contributed by atoms with Gasteiger partial charge in [-0.15, -0.1) is 0 Å². The minimum absolute atomic E-state index is 0.235. The summed E-state index contributed by atoms with van der Waals surface area (Å²) in [4.78, 5) is 9.81. The first-order valence-electron chi connectivity index (χ1n) is 10.0. The lowest BCUT2D eigenvalue weighted by molar-refractivity contribution is -0.870. The Morgan fingerprint density at radius 3 is 2.26 bits per heavy atom. The molecule has 0 bridgehead atoms. The lowest BCUT2D eigenvalue weighted by Gasteiger charge is -2.24. The summed E-state index contributed by atoms with van der Waals surface area (Å²) in [7, 11) is 4.51. The van der Waals surface area contributed by atoms with Gasteiger partial charge in [0.15, 0.2) is 0 Å². The fraction of sp³-hybridized carbons (Fsp3) is 0.714. The van der Waals surface area contributed by atoms with Gasteiger partial charge in [-0.3, -0.25) is 0 Å². The second-order valence-corrected chi connectivity index (χ2v) is 9.11. The van der Waals surface area contributed by atoms with Gasteiger partial charge in [0.05, 0.1) is 40.5 Å². The molecule has 0 fully saturated rings. The van der Waals surface area contributed by atoms with Gasteiger partial charge in [0.2, 0.25) is 0 Å². The molecule has 0 saturated carbocycles. The van der Waals surface area contributed by atoms with Crippen molar-refractivity contribution in [2.45, 2.75) is 58.7 Å². The van der Waals surface area contributed by atoms with E-state index in [1.165, 1.54) is 24.0 Å². The molecule has 5 nitrogen and oxygen atoms in total. The van der Waals surface area contributed by atoms with Gasteiger partial charge in [0, 0.05) is 0 Å². The summed E-state index contributed by atoms with van der Waals surface area (Å²) in [6, 6.07) is 8.50. The largest absolute Gasteiger partial charge is 0.374 e. The average Bonchev–Trinajstić information content (AvgIpc) is 2.60. The number of rotatable bonds is 15. The monoisotopic (exact) mass is 400 g/mol. The topological polar surface area (TPSA) is 47.9 Å². The third-order valence-corrected chi connectivity index (χ3v) is 5.13. The molecule has 0 spiro atoms. The van der Waals surface area contributed by atoms with E-state index in [1.54, 1.807) is 0 Å². The van der Waals surface area contributed by atoms with Crippen molar-refractivity contribution in [1.29, 1.82) is 0 Å². The smallest absolute Gasteiger partial charge is 0.330 e. The Balaban J connectivity index is 2.23. The summed E-state index contributed by atoms with van der Waals surface area (Å²) in [5, 5.41) is 0. The first kappa shape index (κ1) is 24.5. The van der Waals surface area contributed by atoms with Crippen molar-refractivity contribution < 1.29 is 23.2 Å². The number of aryl methyl sites for hydroxylation is 1. The van der Waals surface area contributed by atoms with Crippen molar-refractivity contribution in [2.75, 3.05) is 40.9 Å². The highest BCUT2D eigenvalue weighted by Gasteiger charge is 2.13. The molecule has 1 N–H and O–H groups in total. The molecular weight excluding hydrogens is 361 g/mol. The minimum Gasteiger partial charge on any atom is -0.374 e. The molecule has 0 aromatic heterocycles. The number of nitrogens with zero attached hydrogens (tertiary/aromatic N) is 1. The molecule has 1 aromatic rings. The van der Waals surface area contributed by atoms with Crippen LogP contribution in [0, 0.1) is 6.92 Å². The zero-order valence-corrected chi connectivity index (χ0v) is 18.7. The van der Waals surface area contributed by atoms with Gasteiger partial charge < -0.3 is 23.2 Å². The highest BCUT2D eigenvalue weighted by atomic mass is 31.2. The van der Waals surface area contributed by atoms with E-state index in [0.29, 0.717) is 19.8 Å². The van der Waals surface area contributed by atoms with Gasteiger partial charge in [-0.25, -0.2) is 0 Å². The van der Waals surface area contributed by atoms with Crippen LogP contribution < -0.4 is 0 Å². The molecule has 2 atom stereocenters. The van der Waals surface area contributed by atoms with Crippen LogP contribution in [0.15, 0.2) is 24.3 Å². The Morgan fingerprint density at radius 2 is 1.63 bits per heavy atom. The molecule has 1 rings (SSSR count). The molecule has 0 aliphatic heterocycles. The number of hydrogen-bond donors (Lipinski definition) is 1. The number of ether oxygens (including phenoxy) is 1. The Kier molecular flexibility index (Phi) is 12.3. The van der Waals surface area contributed by atoms with Gasteiger partial charge in [-0.2, -0.15) is 0 Å². The predicted octanol–water partition coefficient (Wildman–Crippen LogP) is 4.81. The summed E-state index contributed by atoms with van der Waals surface area (Å²) in [6.07, 6.45) is 5.44. The van der Waals surface area contributed by atoms with Crippen LogP contribution in [0.25, 0.3) is 0 Å². The average molecular weight is 401 g/mol. The fourth-order valence-corrected chi connectivity index (χ4v) is 3.12. The number of unbranched alkanes of at least 4 members (excludes halogenated alkanes) is 1. The normalized spacial score (nSPS) is 14.3. The zero-order valence-electron chi connectivity index (χ0n) is 17.8. The molecule has 6 heteroatoms. The molecule has 0 saturated heterocycles. The van der Waals surface area contributed by atoms with E-state index < -0.39 is 8.60 Å². The van der Waals surface area contributed by atoms with E-state index >= 15 is 0 Å². The van der Waals surface area contributed by atoms with E-state index in [0.717, 1.165) is 30.3 Å².